The summed E-state index contributed by atoms with van der Waals surface area (Å²) in [6.45, 7) is 4.26. The van der Waals surface area contributed by atoms with Crippen LogP contribution in [-0.4, -0.2) is 119 Å². The van der Waals surface area contributed by atoms with E-state index in [9.17, 15) is 33.6 Å². The predicted octanol–water partition coefficient (Wildman–Crippen LogP) is 3.56. The van der Waals surface area contributed by atoms with Crippen LogP contribution in [-0.2, 0) is 62.5 Å². The van der Waals surface area contributed by atoms with Crippen LogP contribution in [0.25, 0.3) is 10.9 Å². The summed E-state index contributed by atoms with van der Waals surface area (Å²) in [6.07, 6.45) is 1.92. The second-order valence-electron chi connectivity index (χ2n) is 18.0. The van der Waals surface area contributed by atoms with Crippen molar-refractivity contribution < 1.29 is 47.8 Å². The normalized spacial score (nSPS) is 18.9. The van der Waals surface area contributed by atoms with Gasteiger partial charge in [-0.25, -0.2) is 9.59 Å². The Morgan fingerprint density at radius 1 is 0.841 bits per heavy atom. The number of methoxy groups -OCH3 is 1. The highest BCUT2D eigenvalue weighted by Gasteiger charge is 2.43. The second kappa shape index (κ2) is 24.8. The van der Waals surface area contributed by atoms with Crippen molar-refractivity contribution in [2.24, 2.45) is 11.7 Å². The number of esters is 1. The van der Waals surface area contributed by atoms with Crippen LogP contribution in [0.4, 0.5) is 4.79 Å². The van der Waals surface area contributed by atoms with E-state index in [0.717, 1.165) is 15.8 Å². The van der Waals surface area contributed by atoms with Gasteiger partial charge in [-0.2, -0.15) is 0 Å². The number of imide groups is 1. The van der Waals surface area contributed by atoms with Crippen molar-refractivity contribution in [2.75, 3.05) is 20.2 Å². The Morgan fingerprint density at radius 3 is 2.22 bits per heavy atom. The molecule has 7 amide bonds. The third-order valence-electron chi connectivity index (χ3n) is 12.5. The Labute approximate surface area is 401 Å². The second-order valence-corrected chi connectivity index (χ2v) is 18.0. The van der Waals surface area contributed by atoms with Gasteiger partial charge in [0.2, 0.25) is 29.5 Å². The number of aromatic nitrogens is 1. The van der Waals surface area contributed by atoms with E-state index in [-0.39, 0.29) is 51.2 Å². The van der Waals surface area contributed by atoms with Gasteiger partial charge in [-0.3, -0.25) is 33.7 Å². The zero-order valence-corrected chi connectivity index (χ0v) is 39.4. The topological polar surface area (TPSA) is 251 Å². The molecular weight excluding hydrogens is 885 g/mol. The Bertz CT molecular complexity index is 2430. The Kier molecular flexibility index (Phi) is 18.4. The molecule has 1 aromatic heterocycles. The molecule has 0 radical (unpaired) electrons. The number of fused-ring (bicyclic) bond motifs is 1. The minimum absolute atomic E-state index is 0.0419. The Balaban J connectivity index is 1.32. The number of H-pyrrole nitrogens is 1. The number of para-hydroxylation sites is 1. The highest BCUT2D eigenvalue weighted by atomic mass is 16.5. The first-order valence-corrected chi connectivity index (χ1v) is 23.7. The van der Waals surface area contributed by atoms with Gasteiger partial charge >= 0.3 is 12.1 Å². The number of nitrogens with zero attached hydrogens (tertiary/aromatic N) is 2. The van der Waals surface area contributed by atoms with E-state index in [0.29, 0.717) is 48.9 Å². The fourth-order valence-electron chi connectivity index (χ4n) is 8.94. The van der Waals surface area contributed by atoms with Gasteiger partial charge in [0.1, 0.15) is 42.9 Å². The quantitative estimate of drug-likeness (QED) is 0.0425. The first kappa shape index (κ1) is 51.3. The SMILES string of the molecule is COC(=O)[C@@H]1CCCN1C(=O)[C@H](CC(C)C)NC(=O)[C@H](Cc1c[nH]c2ccccc12)NC(=O)[C@H](CCCCN)N1C(=O)CC[C@@H](NC(=O)OCc2ccccc2)C(=O)N[C@H](Cc2ccccc2)C1=O. The number of aromatic amines is 1. The number of hydrogen-bond donors (Lipinski definition) is 6. The molecule has 6 rings (SSSR count). The minimum Gasteiger partial charge on any atom is -0.467 e. The highest BCUT2D eigenvalue weighted by molar-refractivity contribution is 6.05. The number of likely N-dealkylation sites (tertiary alicyclic amines) is 1. The number of hydrogen-bond acceptors (Lipinski definition) is 11. The monoisotopic (exact) mass is 948 g/mol. The lowest BCUT2D eigenvalue weighted by atomic mass is 9.99. The Morgan fingerprint density at radius 2 is 1.52 bits per heavy atom. The van der Waals surface area contributed by atoms with Crippen LogP contribution in [0, 0.1) is 5.92 Å². The number of carbonyl (C=O) groups excluding carboxylic acids is 8. The molecule has 0 bridgehead atoms. The maximum Gasteiger partial charge on any atom is 0.408 e. The lowest BCUT2D eigenvalue weighted by Gasteiger charge is -2.33. The number of benzene rings is 3. The molecule has 7 N–H and O–H groups in total. The van der Waals surface area contributed by atoms with Crippen molar-refractivity contribution in [3.05, 3.63) is 108 Å². The van der Waals surface area contributed by atoms with E-state index in [1.807, 2.05) is 44.2 Å². The summed E-state index contributed by atoms with van der Waals surface area (Å²) in [5, 5.41) is 11.9. The fraction of sp³-hybridized carbons (Fsp3) is 0.451. The maximum absolute atomic E-state index is 15.0. The molecule has 368 valence electrons. The molecule has 3 heterocycles. The molecular formula is C51H64N8O10. The number of amides is 7. The van der Waals surface area contributed by atoms with E-state index >= 15 is 4.79 Å². The summed E-state index contributed by atoms with van der Waals surface area (Å²) in [5.74, 6) is -4.98. The number of alkyl carbamates (subject to hydrolysis) is 1. The van der Waals surface area contributed by atoms with Gasteiger partial charge in [0, 0.05) is 42.9 Å². The molecule has 69 heavy (non-hydrogen) atoms. The molecule has 2 aliphatic rings. The van der Waals surface area contributed by atoms with Gasteiger partial charge in [0.25, 0.3) is 5.91 Å². The molecule has 0 unspecified atom stereocenters. The number of nitrogens with one attached hydrogen (secondary N) is 5. The number of rotatable bonds is 20. The maximum atomic E-state index is 15.0. The van der Waals surface area contributed by atoms with E-state index in [1.54, 1.807) is 60.8 Å². The summed E-state index contributed by atoms with van der Waals surface area (Å²) in [5.41, 5.74) is 8.71. The number of carbonyl (C=O) groups is 8. The standard InChI is InChI=1S/C51H64N8O10/c1-32(2)27-40(48(64)58-26-14-22-43(58)50(66)68-3)55-46(62)39(29-35-30-53-37-20-11-10-19-36(35)37)54-47(63)42(21-12-13-25-52)59-44(60)24-23-38(57-51(67)69-31-34-17-8-5-9-18-34)45(61)56-41(49(59)65)28-33-15-6-4-7-16-33/h4-11,15-20,30,32,38-43,53H,12-14,21-29,31,52H2,1-3H3,(H,54,63)(H,55,62)(H,56,61)(H,57,67)/t38-,39+,40+,41-,42+,43+/m1/s1. The molecule has 2 saturated heterocycles. The van der Waals surface area contributed by atoms with E-state index in [4.69, 9.17) is 15.2 Å². The van der Waals surface area contributed by atoms with E-state index in [2.05, 4.69) is 26.3 Å². The van der Waals surface area contributed by atoms with Gasteiger partial charge in [-0.15, -0.1) is 0 Å². The van der Waals surface area contributed by atoms with Crippen molar-refractivity contribution in [1.82, 2.24) is 36.1 Å². The zero-order valence-electron chi connectivity index (χ0n) is 39.4. The zero-order chi connectivity index (χ0) is 49.5. The molecule has 18 heteroatoms. The molecule has 0 saturated carbocycles. The average Bonchev–Trinajstić information content (AvgIpc) is 4.01. The van der Waals surface area contributed by atoms with Gasteiger partial charge < -0.3 is 46.4 Å². The third-order valence-corrected chi connectivity index (χ3v) is 12.5. The smallest absolute Gasteiger partial charge is 0.408 e. The van der Waals surface area contributed by atoms with Crippen molar-refractivity contribution >= 4 is 58.4 Å². The fourth-order valence-corrected chi connectivity index (χ4v) is 8.94. The van der Waals surface area contributed by atoms with Crippen LogP contribution < -0.4 is 27.0 Å². The molecule has 2 aliphatic heterocycles. The summed E-state index contributed by atoms with van der Waals surface area (Å²) < 4.78 is 10.4. The molecule has 2 fully saturated rings. The van der Waals surface area contributed by atoms with Crippen LogP contribution in [0.15, 0.2) is 91.1 Å². The molecule has 0 aliphatic carbocycles. The number of nitrogens with two attached hydrogens (primary N) is 1. The lowest BCUT2D eigenvalue weighted by Crippen LogP contribution is -2.61. The molecule has 0 spiro atoms. The molecule has 3 aromatic carbocycles. The van der Waals surface area contributed by atoms with E-state index < -0.39 is 90.2 Å². The van der Waals surface area contributed by atoms with Gasteiger partial charge in [-0.1, -0.05) is 92.7 Å². The van der Waals surface area contributed by atoms with Crippen molar-refractivity contribution in [1.29, 1.82) is 0 Å². The third kappa shape index (κ3) is 13.8. The summed E-state index contributed by atoms with van der Waals surface area (Å²) in [7, 11) is 1.26. The molecule has 4 aromatic rings. The van der Waals surface area contributed by atoms with Gasteiger partial charge in [0.15, 0.2) is 0 Å². The van der Waals surface area contributed by atoms with Crippen molar-refractivity contribution in [3.63, 3.8) is 0 Å². The first-order chi connectivity index (χ1) is 33.3. The largest absolute Gasteiger partial charge is 0.467 e. The van der Waals surface area contributed by atoms with Crippen LogP contribution in [0.2, 0.25) is 0 Å². The summed E-state index contributed by atoms with van der Waals surface area (Å²) >= 11 is 0. The highest BCUT2D eigenvalue weighted by Crippen LogP contribution is 2.24. The predicted molar refractivity (Wildman–Crippen MR) is 255 cm³/mol. The summed E-state index contributed by atoms with van der Waals surface area (Å²) in [6, 6.07) is 17.8. The Hall–Kier alpha value is -7.08. The van der Waals surface area contributed by atoms with Gasteiger partial charge in [0.05, 0.1) is 7.11 Å². The van der Waals surface area contributed by atoms with Crippen LogP contribution >= 0.6 is 0 Å². The minimum atomic E-state index is -1.48. The van der Waals surface area contributed by atoms with Crippen molar-refractivity contribution in [2.45, 2.75) is 121 Å². The van der Waals surface area contributed by atoms with Crippen LogP contribution in [0.1, 0.15) is 81.9 Å². The van der Waals surface area contributed by atoms with Crippen molar-refractivity contribution in [3.8, 4) is 0 Å². The number of ether oxygens (including phenoxy) is 2. The molecule has 18 nitrogen and oxygen atoms in total. The van der Waals surface area contributed by atoms with E-state index in [1.165, 1.54) is 12.0 Å². The average molecular weight is 949 g/mol. The number of unbranched alkanes of at least 4 members (excludes halogenated alkanes) is 1. The van der Waals surface area contributed by atoms with Crippen LogP contribution in [0.3, 0.4) is 0 Å². The molecule has 6 atom stereocenters. The van der Waals surface area contributed by atoms with Gasteiger partial charge in [-0.05, 0) is 80.2 Å². The first-order valence-electron chi connectivity index (χ1n) is 23.7. The lowest BCUT2D eigenvalue weighted by molar-refractivity contribution is -0.154. The summed E-state index contributed by atoms with van der Waals surface area (Å²) in [4.78, 5) is 119. The van der Waals surface area contributed by atoms with Crippen LogP contribution in [0.5, 0.6) is 0 Å².